The zero-order valence-corrected chi connectivity index (χ0v) is 17.0. The summed E-state index contributed by atoms with van der Waals surface area (Å²) >= 11 is 0. The molecular weight excluding hydrogens is 302 g/mol. The second kappa shape index (κ2) is 7.74. The number of hydrogen-bond donors (Lipinski definition) is 0. The Labute approximate surface area is 155 Å². The summed E-state index contributed by atoms with van der Waals surface area (Å²) in [6, 6.07) is 22.2. The van der Waals surface area contributed by atoms with Crippen LogP contribution in [0.25, 0.3) is 0 Å². The minimum absolute atomic E-state index is 0.0401. The molecule has 0 aliphatic rings. The second-order valence-electron chi connectivity index (χ2n) is 8.78. The van der Waals surface area contributed by atoms with Gasteiger partial charge in [-0.25, -0.2) is 0 Å². The fraction of sp³-hybridized carbons (Fsp3) is 0.500. The number of quaternary nitrogens is 1. The van der Waals surface area contributed by atoms with Crippen LogP contribution in [0.1, 0.15) is 67.2 Å². The van der Waals surface area contributed by atoms with Gasteiger partial charge >= 0.3 is 0 Å². The molecule has 0 unspecified atom stereocenters. The van der Waals surface area contributed by atoms with Gasteiger partial charge in [0.2, 0.25) is 0 Å². The number of nitrogens with zero attached hydrogens (tertiary/aromatic N) is 1. The van der Waals surface area contributed by atoms with Crippen LogP contribution in [0.3, 0.4) is 0 Å². The Balaban J connectivity index is 2.73. The van der Waals surface area contributed by atoms with Gasteiger partial charge in [0.1, 0.15) is 22.5 Å². The van der Waals surface area contributed by atoms with E-state index in [9.17, 15) is 0 Å². The molecule has 0 radical (unpaired) electrons. The predicted octanol–water partition coefficient (Wildman–Crippen LogP) is 7.48. The van der Waals surface area contributed by atoms with Crippen molar-refractivity contribution in [1.82, 2.24) is 4.48 Å². The summed E-state index contributed by atoms with van der Waals surface area (Å²) < 4.78 is 0.866. The first kappa shape index (κ1) is 19.7. The average Bonchev–Trinajstić information content (AvgIpc) is 2.56. The van der Waals surface area contributed by atoms with Gasteiger partial charge in [-0.1, -0.05) is 56.2 Å². The third kappa shape index (κ3) is 3.67. The molecule has 0 bridgehead atoms. The molecule has 0 atom stereocenters. The maximum Gasteiger partial charge on any atom is 0.138 e. The van der Waals surface area contributed by atoms with Gasteiger partial charge in [0.15, 0.2) is 0 Å². The molecule has 2 aromatic rings. The van der Waals surface area contributed by atoms with Crippen molar-refractivity contribution in [2.45, 2.75) is 78.3 Å². The van der Waals surface area contributed by atoms with E-state index >= 15 is 0 Å². The van der Waals surface area contributed by atoms with Crippen molar-refractivity contribution in [2.24, 2.45) is 0 Å². The third-order valence-corrected chi connectivity index (χ3v) is 5.59. The lowest BCUT2D eigenvalue weighted by Crippen LogP contribution is -2.68. The van der Waals surface area contributed by atoms with Crippen molar-refractivity contribution in [2.75, 3.05) is 0 Å². The summed E-state index contributed by atoms with van der Waals surface area (Å²) in [5.41, 5.74) is 2.89. The highest BCUT2D eigenvalue weighted by Gasteiger charge is 2.54. The van der Waals surface area contributed by atoms with Crippen LogP contribution in [0.4, 0.5) is 11.4 Å². The summed E-state index contributed by atoms with van der Waals surface area (Å²) in [5.74, 6) is 0. The van der Waals surface area contributed by atoms with Crippen molar-refractivity contribution < 1.29 is 0 Å². The van der Waals surface area contributed by atoms with Gasteiger partial charge in [-0.05, 0) is 65.3 Å². The van der Waals surface area contributed by atoms with Crippen LogP contribution in [0.2, 0.25) is 0 Å². The Bertz CT molecular complexity index is 595. The second-order valence-corrected chi connectivity index (χ2v) is 8.78. The van der Waals surface area contributed by atoms with E-state index in [-0.39, 0.29) is 11.1 Å². The SMILES string of the molecule is CCCCCC(C)(C)[N+](c1ccccc1)(c1ccccc1)C(C)(C)C. The maximum atomic E-state index is 2.45. The van der Waals surface area contributed by atoms with Crippen LogP contribution in [-0.4, -0.2) is 11.1 Å². The van der Waals surface area contributed by atoms with Gasteiger partial charge in [0.25, 0.3) is 0 Å². The van der Waals surface area contributed by atoms with E-state index in [0.29, 0.717) is 0 Å². The Hall–Kier alpha value is -1.60. The quantitative estimate of drug-likeness (QED) is 0.362. The molecule has 1 heteroatoms. The van der Waals surface area contributed by atoms with E-state index in [0.717, 1.165) is 4.48 Å². The topological polar surface area (TPSA) is 0 Å². The van der Waals surface area contributed by atoms with E-state index in [4.69, 9.17) is 0 Å². The maximum absolute atomic E-state index is 2.45. The number of para-hydroxylation sites is 2. The normalized spacial score (nSPS) is 13.0. The van der Waals surface area contributed by atoms with Gasteiger partial charge in [-0.3, -0.25) is 4.48 Å². The molecule has 0 aliphatic heterocycles. The number of unbranched alkanes of at least 4 members (excludes halogenated alkanes) is 2. The van der Waals surface area contributed by atoms with Crippen molar-refractivity contribution in [1.29, 1.82) is 0 Å². The summed E-state index contributed by atoms with van der Waals surface area (Å²) in [7, 11) is 0. The fourth-order valence-electron chi connectivity index (χ4n) is 4.81. The fourth-order valence-corrected chi connectivity index (χ4v) is 4.81. The molecular formula is C24H36N+. The number of rotatable bonds is 7. The summed E-state index contributed by atoms with van der Waals surface area (Å²) in [6.45, 7) is 14.3. The summed E-state index contributed by atoms with van der Waals surface area (Å²) in [5, 5.41) is 0. The molecule has 0 aromatic heterocycles. The molecule has 1 nitrogen and oxygen atoms in total. The number of hydrogen-bond acceptors (Lipinski definition) is 0. The standard InChI is InChI=1S/C24H36N/c1-7-8-15-20-24(5,6)25(23(2,3)4,21-16-11-9-12-17-21)22-18-13-10-14-19-22/h9-14,16-19H,7-8,15,20H2,1-6H3/q+1. The zero-order chi connectivity index (χ0) is 18.6. The first-order chi connectivity index (χ1) is 11.8. The molecule has 0 aliphatic carbocycles. The molecule has 2 aromatic carbocycles. The van der Waals surface area contributed by atoms with Crippen LogP contribution in [-0.2, 0) is 0 Å². The lowest BCUT2D eigenvalue weighted by molar-refractivity contribution is 0.0860. The summed E-state index contributed by atoms with van der Waals surface area (Å²) in [4.78, 5) is 0. The highest BCUT2D eigenvalue weighted by Crippen LogP contribution is 2.50. The van der Waals surface area contributed by atoms with Crippen LogP contribution in [0.5, 0.6) is 0 Å². The van der Waals surface area contributed by atoms with Gasteiger partial charge in [-0.2, -0.15) is 0 Å². The number of benzene rings is 2. The van der Waals surface area contributed by atoms with E-state index in [1.807, 2.05) is 0 Å². The average molecular weight is 339 g/mol. The molecule has 2 rings (SSSR count). The molecule has 0 fully saturated rings. The van der Waals surface area contributed by atoms with E-state index in [2.05, 4.69) is 102 Å². The zero-order valence-electron chi connectivity index (χ0n) is 17.0. The molecule has 0 N–H and O–H groups in total. The van der Waals surface area contributed by atoms with E-state index in [1.54, 1.807) is 0 Å². The van der Waals surface area contributed by atoms with Crippen LogP contribution in [0, 0.1) is 0 Å². The van der Waals surface area contributed by atoms with E-state index in [1.165, 1.54) is 37.1 Å². The molecule has 25 heavy (non-hydrogen) atoms. The predicted molar refractivity (Wildman–Crippen MR) is 112 cm³/mol. The Morgan fingerprint density at radius 2 is 1.12 bits per heavy atom. The van der Waals surface area contributed by atoms with Crippen LogP contribution in [0.15, 0.2) is 60.7 Å². The smallest absolute Gasteiger partial charge is 0.138 e. The van der Waals surface area contributed by atoms with Crippen molar-refractivity contribution in [3.05, 3.63) is 60.7 Å². The molecule has 0 saturated carbocycles. The van der Waals surface area contributed by atoms with Crippen molar-refractivity contribution in [3.63, 3.8) is 0 Å². The van der Waals surface area contributed by atoms with Gasteiger partial charge in [0, 0.05) is 6.42 Å². The summed E-state index contributed by atoms with van der Waals surface area (Å²) in [6.07, 6.45) is 5.06. The van der Waals surface area contributed by atoms with Gasteiger partial charge < -0.3 is 0 Å². The van der Waals surface area contributed by atoms with Gasteiger partial charge in [-0.15, -0.1) is 0 Å². The van der Waals surface area contributed by atoms with Crippen molar-refractivity contribution >= 4 is 11.4 Å². The molecule has 0 saturated heterocycles. The minimum Gasteiger partial charge on any atom is -0.250 e. The monoisotopic (exact) mass is 338 g/mol. The van der Waals surface area contributed by atoms with Crippen LogP contribution < -0.4 is 4.48 Å². The molecule has 0 amide bonds. The van der Waals surface area contributed by atoms with E-state index < -0.39 is 0 Å². The highest BCUT2D eigenvalue weighted by atomic mass is 15.5. The molecule has 136 valence electrons. The van der Waals surface area contributed by atoms with Gasteiger partial charge in [0.05, 0.1) is 0 Å². The van der Waals surface area contributed by atoms with Crippen molar-refractivity contribution in [3.8, 4) is 0 Å². The largest absolute Gasteiger partial charge is 0.250 e. The Kier molecular flexibility index (Phi) is 6.11. The first-order valence-electron chi connectivity index (χ1n) is 9.78. The lowest BCUT2D eigenvalue weighted by Gasteiger charge is -2.57. The minimum atomic E-state index is 0.0401. The third-order valence-electron chi connectivity index (χ3n) is 5.59. The molecule has 0 spiro atoms. The Morgan fingerprint density at radius 1 is 0.680 bits per heavy atom. The first-order valence-corrected chi connectivity index (χ1v) is 9.78. The lowest BCUT2D eigenvalue weighted by atomic mass is 9.82. The highest BCUT2D eigenvalue weighted by molar-refractivity contribution is 5.62. The van der Waals surface area contributed by atoms with Crippen LogP contribution >= 0.6 is 0 Å². The molecule has 0 heterocycles. The Morgan fingerprint density at radius 3 is 1.48 bits per heavy atom.